The maximum atomic E-state index is 9.00. The zero-order valence-corrected chi connectivity index (χ0v) is 9.30. The van der Waals surface area contributed by atoms with Gasteiger partial charge in [-0.3, -0.25) is 14.4 Å². The number of carboxylic acid groups (broad SMARTS) is 3. The van der Waals surface area contributed by atoms with E-state index in [1.54, 1.807) is 0 Å². The van der Waals surface area contributed by atoms with Gasteiger partial charge in [0.2, 0.25) is 0 Å². The Morgan fingerprint density at radius 1 is 0.692 bits per heavy atom. The number of aliphatic carboxylic acids is 3. The summed E-state index contributed by atoms with van der Waals surface area (Å²) < 4.78 is 0. The standard InChI is InChI=1S/3C2H4O2.Ho/c3*1-2(3)4;/h3*1H3,(H,3,4);. The Morgan fingerprint density at radius 3 is 0.692 bits per heavy atom. The van der Waals surface area contributed by atoms with Crippen molar-refractivity contribution in [3.8, 4) is 0 Å². The van der Waals surface area contributed by atoms with E-state index in [9.17, 15) is 0 Å². The minimum absolute atomic E-state index is 0. The number of carboxylic acids is 3. The molecule has 3 N–H and O–H groups in total. The number of hydrogen-bond donors (Lipinski definition) is 3. The van der Waals surface area contributed by atoms with E-state index in [-0.39, 0.29) is 37.7 Å². The molecular weight excluding hydrogens is 333 g/mol. The number of hydrogen-bond acceptors (Lipinski definition) is 3. The van der Waals surface area contributed by atoms with Crippen LogP contribution in [0.2, 0.25) is 0 Å². The molecule has 0 fully saturated rings. The average molecular weight is 345 g/mol. The summed E-state index contributed by atoms with van der Waals surface area (Å²) in [4.78, 5) is 27.0. The molecule has 7 heteroatoms. The van der Waals surface area contributed by atoms with Gasteiger partial charge in [0.1, 0.15) is 0 Å². The predicted molar refractivity (Wildman–Crippen MR) is 39.9 cm³/mol. The summed E-state index contributed by atoms with van der Waals surface area (Å²) in [5.74, 6) is -2.50. The van der Waals surface area contributed by atoms with Gasteiger partial charge in [0, 0.05) is 58.5 Å². The monoisotopic (exact) mass is 345 g/mol. The van der Waals surface area contributed by atoms with Crippen molar-refractivity contribution in [3.63, 3.8) is 0 Å². The van der Waals surface area contributed by atoms with Crippen LogP contribution in [-0.2, 0) is 14.4 Å². The summed E-state index contributed by atoms with van der Waals surface area (Å²) in [6, 6.07) is 0. The van der Waals surface area contributed by atoms with Crippen molar-refractivity contribution in [3.05, 3.63) is 0 Å². The molecule has 0 unspecified atom stereocenters. The van der Waals surface area contributed by atoms with Crippen LogP contribution in [0.25, 0.3) is 0 Å². The van der Waals surface area contributed by atoms with Crippen LogP contribution in [0, 0.1) is 37.7 Å². The molecule has 83 valence electrons. The molecule has 0 atom stereocenters. The molecule has 0 heterocycles. The Morgan fingerprint density at radius 2 is 0.692 bits per heavy atom. The molecule has 0 spiro atoms. The molecule has 0 aliphatic heterocycles. The first-order valence-corrected chi connectivity index (χ1v) is 2.78. The topological polar surface area (TPSA) is 112 Å². The fraction of sp³-hybridized carbons (Fsp3) is 0.500. The van der Waals surface area contributed by atoms with Crippen molar-refractivity contribution in [1.29, 1.82) is 0 Å². The van der Waals surface area contributed by atoms with Crippen LogP contribution in [0.4, 0.5) is 0 Å². The van der Waals surface area contributed by atoms with Crippen LogP contribution in [0.1, 0.15) is 20.8 Å². The smallest absolute Gasteiger partial charge is 0.300 e. The van der Waals surface area contributed by atoms with Crippen LogP contribution in [0.3, 0.4) is 0 Å². The van der Waals surface area contributed by atoms with Gasteiger partial charge in [0.15, 0.2) is 0 Å². The Hall–Kier alpha value is -0.330. The minimum Gasteiger partial charge on any atom is -0.481 e. The average Bonchev–Trinajstić information content (AvgIpc) is 1.54. The van der Waals surface area contributed by atoms with Gasteiger partial charge in [0.25, 0.3) is 17.9 Å². The maximum Gasteiger partial charge on any atom is 0.300 e. The Bertz CT molecular complexity index is 115. The van der Waals surface area contributed by atoms with E-state index < -0.39 is 17.9 Å². The molecule has 0 aliphatic rings. The summed E-state index contributed by atoms with van der Waals surface area (Å²) in [5.41, 5.74) is 0. The predicted octanol–water partition coefficient (Wildman–Crippen LogP) is 0.273. The SMILES string of the molecule is CC(=O)O.CC(=O)O.CC(=O)O.[Ho]. The van der Waals surface area contributed by atoms with Crippen molar-refractivity contribution in [2.45, 2.75) is 20.8 Å². The molecule has 1 radical (unpaired) electrons. The maximum absolute atomic E-state index is 9.00. The largest absolute Gasteiger partial charge is 0.481 e. The van der Waals surface area contributed by atoms with Crippen LogP contribution in [0.15, 0.2) is 0 Å². The van der Waals surface area contributed by atoms with E-state index in [2.05, 4.69) is 0 Å². The molecule has 0 amide bonds. The third-order valence-electron chi connectivity index (χ3n) is 0. The summed E-state index contributed by atoms with van der Waals surface area (Å²) in [6.45, 7) is 3.25. The molecule has 0 aromatic rings. The summed E-state index contributed by atoms with van der Waals surface area (Å²) in [7, 11) is 0. The number of rotatable bonds is 0. The van der Waals surface area contributed by atoms with Crippen LogP contribution >= 0.6 is 0 Å². The summed E-state index contributed by atoms with van der Waals surface area (Å²) in [6.07, 6.45) is 0. The minimum atomic E-state index is -0.833. The quantitative estimate of drug-likeness (QED) is 0.544. The van der Waals surface area contributed by atoms with Gasteiger partial charge in [-0.25, -0.2) is 0 Å². The van der Waals surface area contributed by atoms with Gasteiger partial charge in [-0.2, -0.15) is 0 Å². The zero-order chi connectivity index (χ0) is 10.7. The molecular formula is C6H12HoO6. The molecule has 13 heavy (non-hydrogen) atoms. The second-order valence-corrected chi connectivity index (χ2v) is 1.56. The zero-order valence-electron chi connectivity index (χ0n) is 7.37. The summed E-state index contributed by atoms with van der Waals surface area (Å²) >= 11 is 0. The second kappa shape index (κ2) is 17.7. The number of carbonyl (C=O) groups is 3. The Kier molecular flexibility index (Phi) is 31.2. The first-order valence-electron chi connectivity index (χ1n) is 2.78. The van der Waals surface area contributed by atoms with Crippen molar-refractivity contribution >= 4 is 17.9 Å². The van der Waals surface area contributed by atoms with Crippen molar-refractivity contribution in [2.75, 3.05) is 0 Å². The van der Waals surface area contributed by atoms with Crippen LogP contribution < -0.4 is 0 Å². The van der Waals surface area contributed by atoms with E-state index in [1.807, 2.05) is 0 Å². The van der Waals surface area contributed by atoms with E-state index in [0.29, 0.717) is 0 Å². The van der Waals surface area contributed by atoms with E-state index in [0.717, 1.165) is 20.8 Å². The van der Waals surface area contributed by atoms with Gasteiger partial charge in [-0.05, 0) is 0 Å². The molecule has 0 aliphatic carbocycles. The first-order chi connectivity index (χ1) is 5.20. The molecule has 0 bridgehead atoms. The molecule has 0 saturated carbocycles. The Balaban J connectivity index is -0.0000000450. The fourth-order valence-electron chi connectivity index (χ4n) is 0. The first kappa shape index (κ1) is 23.0. The third-order valence-corrected chi connectivity index (χ3v) is 0. The van der Waals surface area contributed by atoms with E-state index >= 15 is 0 Å². The Labute approximate surface area is 106 Å². The van der Waals surface area contributed by atoms with E-state index in [1.165, 1.54) is 0 Å². The molecule has 0 aromatic carbocycles. The van der Waals surface area contributed by atoms with Crippen LogP contribution in [0.5, 0.6) is 0 Å². The van der Waals surface area contributed by atoms with Gasteiger partial charge in [0.05, 0.1) is 0 Å². The second-order valence-electron chi connectivity index (χ2n) is 1.56. The summed E-state index contributed by atoms with van der Waals surface area (Å²) in [5, 5.41) is 22.2. The van der Waals surface area contributed by atoms with Crippen molar-refractivity contribution in [1.82, 2.24) is 0 Å². The normalized spacial score (nSPS) is 5.77. The molecule has 6 nitrogen and oxygen atoms in total. The molecule has 0 rings (SSSR count). The van der Waals surface area contributed by atoms with E-state index in [4.69, 9.17) is 29.7 Å². The van der Waals surface area contributed by atoms with Crippen molar-refractivity contribution < 1.29 is 67.4 Å². The van der Waals surface area contributed by atoms with Gasteiger partial charge >= 0.3 is 0 Å². The van der Waals surface area contributed by atoms with Gasteiger partial charge in [-0.15, -0.1) is 0 Å². The molecule has 0 saturated heterocycles. The van der Waals surface area contributed by atoms with Crippen LogP contribution in [-0.4, -0.2) is 33.2 Å². The van der Waals surface area contributed by atoms with Crippen molar-refractivity contribution in [2.24, 2.45) is 0 Å². The molecule has 0 aromatic heterocycles. The van der Waals surface area contributed by atoms with Gasteiger partial charge in [-0.1, -0.05) is 0 Å². The van der Waals surface area contributed by atoms with Gasteiger partial charge < -0.3 is 15.3 Å². The third kappa shape index (κ3) is 10000. The fourth-order valence-corrected chi connectivity index (χ4v) is 0.